The molecule has 1 unspecified atom stereocenters. The molecule has 19 heavy (non-hydrogen) atoms. The Labute approximate surface area is 114 Å². The van der Waals surface area contributed by atoms with Gasteiger partial charge >= 0.3 is 0 Å². The van der Waals surface area contributed by atoms with E-state index in [9.17, 15) is 0 Å². The van der Waals surface area contributed by atoms with Crippen LogP contribution in [0.25, 0.3) is 0 Å². The van der Waals surface area contributed by atoms with Crippen LogP contribution in [0, 0.1) is 6.92 Å². The Hall–Kier alpha value is -2.02. The van der Waals surface area contributed by atoms with E-state index in [2.05, 4.69) is 15.4 Å². The Morgan fingerprint density at radius 3 is 2.74 bits per heavy atom. The van der Waals surface area contributed by atoms with E-state index >= 15 is 0 Å². The van der Waals surface area contributed by atoms with Crippen molar-refractivity contribution in [3.05, 3.63) is 41.8 Å². The molecule has 0 bridgehead atoms. The minimum atomic E-state index is -0.205. The van der Waals surface area contributed by atoms with E-state index in [0.717, 1.165) is 5.56 Å². The lowest BCUT2D eigenvalue weighted by atomic mass is 10.0. The van der Waals surface area contributed by atoms with Crippen molar-refractivity contribution in [1.29, 1.82) is 0 Å². The summed E-state index contributed by atoms with van der Waals surface area (Å²) in [7, 11) is 0. The molecule has 0 fully saturated rings. The highest BCUT2D eigenvalue weighted by Gasteiger charge is 2.18. The number of amidine groups is 1. The standard InChI is InChI=1S/C12H14N4O2S/c1-8-14-15-12(18-8)19-7-10(11(13)16-17)9-5-3-2-4-6-9/h2-6,10,17H,7H2,1H3,(H2,13,16). The average Bonchev–Trinajstić information content (AvgIpc) is 2.85. The molecule has 1 aromatic carbocycles. The molecule has 2 aromatic rings. The van der Waals surface area contributed by atoms with Gasteiger partial charge in [0.15, 0.2) is 0 Å². The molecule has 7 heteroatoms. The van der Waals surface area contributed by atoms with E-state index in [1.165, 1.54) is 11.8 Å². The second-order valence-electron chi connectivity index (χ2n) is 3.89. The summed E-state index contributed by atoms with van der Waals surface area (Å²) in [6.45, 7) is 1.73. The molecule has 0 aliphatic carbocycles. The first kappa shape index (κ1) is 13.4. The molecule has 0 spiro atoms. The first-order chi connectivity index (χ1) is 9.20. The predicted octanol–water partition coefficient (Wildman–Crippen LogP) is 2.00. The zero-order valence-corrected chi connectivity index (χ0v) is 11.2. The van der Waals surface area contributed by atoms with Gasteiger partial charge in [0.1, 0.15) is 5.84 Å². The van der Waals surface area contributed by atoms with E-state index in [0.29, 0.717) is 16.9 Å². The molecular formula is C12H14N4O2S. The number of benzene rings is 1. The summed E-state index contributed by atoms with van der Waals surface area (Å²) in [6, 6.07) is 9.61. The van der Waals surface area contributed by atoms with Crippen LogP contribution in [0.5, 0.6) is 0 Å². The summed E-state index contributed by atoms with van der Waals surface area (Å²) in [5.41, 5.74) is 6.71. The predicted molar refractivity (Wildman–Crippen MR) is 72.4 cm³/mol. The maximum absolute atomic E-state index is 8.87. The van der Waals surface area contributed by atoms with Gasteiger partial charge in [0.25, 0.3) is 5.22 Å². The van der Waals surface area contributed by atoms with Gasteiger partial charge < -0.3 is 15.4 Å². The van der Waals surface area contributed by atoms with Gasteiger partial charge in [-0.3, -0.25) is 0 Å². The summed E-state index contributed by atoms with van der Waals surface area (Å²) in [5, 5.41) is 20.1. The quantitative estimate of drug-likeness (QED) is 0.285. The molecule has 6 nitrogen and oxygen atoms in total. The Bertz CT molecular complexity index is 556. The fourth-order valence-electron chi connectivity index (χ4n) is 1.60. The van der Waals surface area contributed by atoms with E-state index < -0.39 is 0 Å². The van der Waals surface area contributed by atoms with Crippen LogP contribution in [0.15, 0.2) is 45.1 Å². The summed E-state index contributed by atoms with van der Waals surface area (Å²) >= 11 is 1.38. The fraction of sp³-hybridized carbons (Fsp3) is 0.250. The molecule has 3 N–H and O–H groups in total. The van der Waals surface area contributed by atoms with Gasteiger partial charge in [0, 0.05) is 12.7 Å². The zero-order valence-electron chi connectivity index (χ0n) is 10.4. The van der Waals surface area contributed by atoms with Gasteiger partial charge in [-0.05, 0) is 5.56 Å². The average molecular weight is 278 g/mol. The lowest BCUT2D eigenvalue weighted by Gasteiger charge is -2.14. The number of rotatable bonds is 5. The van der Waals surface area contributed by atoms with Crippen molar-refractivity contribution in [2.75, 3.05) is 5.75 Å². The van der Waals surface area contributed by atoms with Crippen molar-refractivity contribution in [3.63, 3.8) is 0 Å². The fourth-order valence-corrected chi connectivity index (χ4v) is 2.55. The highest BCUT2D eigenvalue weighted by Crippen LogP contribution is 2.25. The largest absolute Gasteiger partial charge is 0.416 e. The molecule has 0 aliphatic heterocycles. The second-order valence-corrected chi connectivity index (χ2v) is 4.86. The lowest BCUT2D eigenvalue weighted by Crippen LogP contribution is -2.23. The molecule has 100 valence electrons. The first-order valence-corrected chi connectivity index (χ1v) is 6.64. The highest BCUT2D eigenvalue weighted by atomic mass is 32.2. The second kappa shape index (κ2) is 6.24. The van der Waals surface area contributed by atoms with Crippen LogP contribution < -0.4 is 5.73 Å². The van der Waals surface area contributed by atoms with Crippen LogP contribution in [-0.2, 0) is 0 Å². The van der Waals surface area contributed by atoms with Crippen molar-refractivity contribution in [3.8, 4) is 0 Å². The minimum absolute atomic E-state index is 0.162. The normalized spacial score (nSPS) is 13.4. The molecule has 2 rings (SSSR count). The van der Waals surface area contributed by atoms with Gasteiger partial charge in [-0.25, -0.2) is 0 Å². The third kappa shape index (κ3) is 3.47. The summed E-state index contributed by atoms with van der Waals surface area (Å²) < 4.78 is 5.28. The van der Waals surface area contributed by atoms with Gasteiger partial charge in [-0.15, -0.1) is 10.2 Å². The van der Waals surface area contributed by atoms with Gasteiger partial charge in [0.2, 0.25) is 5.89 Å². The number of aromatic nitrogens is 2. The number of nitrogens with zero attached hydrogens (tertiary/aromatic N) is 3. The molecule has 0 amide bonds. The number of aryl methyl sites for hydroxylation is 1. The Morgan fingerprint density at radius 1 is 1.42 bits per heavy atom. The van der Waals surface area contributed by atoms with Gasteiger partial charge in [-0.2, -0.15) is 0 Å². The number of nitrogens with two attached hydrogens (primary N) is 1. The minimum Gasteiger partial charge on any atom is -0.416 e. The molecule has 1 aromatic heterocycles. The van der Waals surface area contributed by atoms with E-state index in [-0.39, 0.29) is 11.8 Å². The number of hydrogen-bond acceptors (Lipinski definition) is 6. The van der Waals surface area contributed by atoms with Crippen molar-refractivity contribution in [1.82, 2.24) is 10.2 Å². The Kier molecular flexibility index (Phi) is 4.40. The van der Waals surface area contributed by atoms with Crippen LogP contribution >= 0.6 is 11.8 Å². The molecule has 0 radical (unpaired) electrons. The van der Waals surface area contributed by atoms with Crippen LogP contribution in [0.3, 0.4) is 0 Å². The highest BCUT2D eigenvalue weighted by molar-refractivity contribution is 7.99. The molecule has 0 saturated carbocycles. The summed E-state index contributed by atoms with van der Waals surface area (Å²) in [5.74, 6) is 1.03. The maximum atomic E-state index is 8.87. The van der Waals surface area contributed by atoms with Crippen LogP contribution in [0.4, 0.5) is 0 Å². The number of oxime groups is 1. The van der Waals surface area contributed by atoms with Gasteiger partial charge in [0.05, 0.1) is 5.92 Å². The van der Waals surface area contributed by atoms with Crippen molar-refractivity contribution >= 4 is 17.6 Å². The Morgan fingerprint density at radius 2 is 2.16 bits per heavy atom. The summed E-state index contributed by atoms with van der Waals surface area (Å²) in [4.78, 5) is 0. The first-order valence-electron chi connectivity index (χ1n) is 5.66. The van der Waals surface area contributed by atoms with Crippen LogP contribution in [-0.4, -0.2) is 27.0 Å². The van der Waals surface area contributed by atoms with Crippen molar-refractivity contribution in [2.45, 2.75) is 18.1 Å². The Balaban J connectivity index is 2.11. The lowest BCUT2D eigenvalue weighted by molar-refractivity contribution is 0.316. The molecule has 1 atom stereocenters. The molecule has 1 heterocycles. The maximum Gasteiger partial charge on any atom is 0.276 e. The van der Waals surface area contributed by atoms with Crippen molar-refractivity contribution in [2.24, 2.45) is 10.9 Å². The van der Waals surface area contributed by atoms with E-state index in [1.807, 2.05) is 30.3 Å². The molecular weight excluding hydrogens is 264 g/mol. The number of hydrogen-bond donors (Lipinski definition) is 2. The topological polar surface area (TPSA) is 97.5 Å². The van der Waals surface area contributed by atoms with E-state index in [4.69, 9.17) is 15.4 Å². The van der Waals surface area contributed by atoms with Crippen LogP contribution in [0.2, 0.25) is 0 Å². The smallest absolute Gasteiger partial charge is 0.276 e. The van der Waals surface area contributed by atoms with Crippen molar-refractivity contribution < 1.29 is 9.62 Å². The monoisotopic (exact) mass is 278 g/mol. The van der Waals surface area contributed by atoms with E-state index in [1.54, 1.807) is 6.92 Å². The number of thioether (sulfide) groups is 1. The SMILES string of the molecule is Cc1nnc(SCC(C(N)=NO)c2ccccc2)o1. The third-order valence-corrected chi connectivity index (χ3v) is 3.47. The van der Waals surface area contributed by atoms with Crippen LogP contribution in [0.1, 0.15) is 17.4 Å². The third-order valence-electron chi connectivity index (χ3n) is 2.56. The summed E-state index contributed by atoms with van der Waals surface area (Å²) in [6.07, 6.45) is 0. The molecule has 0 saturated heterocycles. The zero-order chi connectivity index (χ0) is 13.7. The van der Waals surface area contributed by atoms with Gasteiger partial charge in [-0.1, -0.05) is 47.2 Å². The molecule has 0 aliphatic rings.